The van der Waals surface area contributed by atoms with Crippen LogP contribution in [0.3, 0.4) is 0 Å². The van der Waals surface area contributed by atoms with Gasteiger partial charge in [-0.1, -0.05) is 66.8 Å². The van der Waals surface area contributed by atoms with Crippen molar-refractivity contribution in [2.45, 2.75) is 54.4 Å². The van der Waals surface area contributed by atoms with Gasteiger partial charge in [0.05, 0.1) is 0 Å². The monoisotopic (exact) mass is 500 g/mol. The number of carbonyl (C=O) groups is 2. The number of carbonyl (C=O) groups excluding carboxylic acids is 2. The number of hydrogen-bond acceptors (Lipinski definition) is 2. The van der Waals surface area contributed by atoms with Gasteiger partial charge in [-0.15, -0.1) is 33.5 Å². The summed E-state index contributed by atoms with van der Waals surface area (Å²) in [5.41, 5.74) is 11.0. The Balaban J connectivity index is 0.00000280. The molecule has 0 aromatic carbocycles. The number of aldehydes is 1. The van der Waals surface area contributed by atoms with Gasteiger partial charge >= 0.3 is 23.1 Å². The van der Waals surface area contributed by atoms with Crippen LogP contribution in [0, 0.1) is 32.6 Å². The van der Waals surface area contributed by atoms with Crippen LogP contribution in [0.25, 0.3) is 29.1 Å². The fraction of sp³-hybridized carbons (Fsp3) is 0.333. The number of aromatic nitrogens is 3. The van der Waals surface area contributed by atoms with Crippen LogP contribution in [0.4, 0.5) is 0 Å². The number of allylic oxidation sites excluding steroid dienone is 3. The molecule has 3 aliphatic rings. The smallest absolute Gasteiger partial charge is 0.664 e. The Bertz CT molecular complexity index is 1670. The van der Waals surface area contributed by atoms with Crippen LogP contribution in [-0.2, 0) is 6.42 Å². The second-order valence-electron chi connectivity index (χ2n) is 10.2. The first kappa shape index (κ1) is 25.6. The Kier molecular flexibility index (Phi) is 6.27. The van der Waals surface area contributed by atoms with Crippen molar-refractivity contribution in [1.82, 2.24) is 15.0 Å². The van der Waals surface area contributed by atoms with Crippen molar-refractivity contribution in [1.29, 1.82) is 0 Å². The molecule has 0 spiro atoms. The van der Waals surface area contributed by atoms with E-state index in [1.165, 1.54) is 0 Å². The molecule has 3 aromatic rings. The summed E-state index contributed by atoms with van der Waals surface area (Å²) < 4.78 is 0. The van der Waals surface area contributed by atoms with Crippen LogP contribution >= 0.6 is 0 Å². The molecular formula is C30H28MgN4O2-2. The van der Waals surface area contributed by atoms with Gasteiger partial charge in [0.15, 0.2) is 5.78 Å². The van der Waals surface area contributed by atoms with Crippen molar-refractivity contribution in [2.24, 2.45) is 11.8 Å². The number of nitrogens with zero attached hydrogens (tertiary/aromatic N) is 4. The standard InChI is InChI=1S/C30H30N4O2.Mg/c1-7-18-15(4)23-10-26-20(12-35)16(5)22(32-26)9-21-13(2)14(3)29(33-21)19-8-27(36)28-17(6)24(34-30(19)28)11-25(18)31-23;/h9-14H,7-8H2,1-6H3,(H2-2,31,32,33,34,35,36);/q-2;+2/p-2/b21-9+;/t13-,14-;/m0./s1. The minimum atomic E-state index is 0. The van der Waals surface area contributed by atoms with Gasteiger partial charge in [0.1, 0.15) is 6.29 Å². The molecule has 0 N–H and O–H groups in total. The predicted molar refractivity (Wildman–Crippen MR) is 146 cm³/mol. The Labute approximate surface area is 232 Å². The summed E-state index contributed by atoms with van der Waals surface area (Å²) in [6.07, 6.45) is 7.93. The summed E-state index contributed by atoms with van der Waals surface area (Å²) in [5.74, 6) is 0.405. The first-order valence-corrected chi connectivity index (χ1v) is 12.6. The third kappa shape index (κ3) is 3.66. The Morgan fingerprint density at radius 2 is 1.59 bits per heavy atom. The fourth-order valence-electron chi connectivity index (χ4n) is 5.89. The zero-order valence-corrected chi connectivity index (χ0v) is 23.6. The maximum Gasteiger partial charge on any atom is 2.00 e. The van der Waals surface area contributed by atoms with E-state index < -0.39 is 0 Å². The molecular weight excluding hydrogens is 473 g/mol. The van der Waals surface area contributed by atoms with Gasteiger partial charge in [-0.3, -0.25) is 9.59 Å². The van der Waals surface area contributed by atoms with Crippen molar-refractivity contribution in [3.63, 3.8) is 0 Å². The first-order chi connectivity index (χ1) is 17.2. The molecule has 8 bridgehead atoms. The van der Waals surface area contributed by atoms with Gasteiger partial charge in [0.2, 0.25) is 0 Å². The molecule has 7 heteroatoms. The molecule has 0 radical (unpaired) electrons. The first-order valence-electron chi connectivity index (χ1n) is 12.6. The Hall–Kier alpha value is -3.03. The molecule has 2 atom stereocenters. The SMILES string of the molecule is CCc1c(C)/c2[n-]/c1=C\c1[n-]c3c(c1C)C(=O)C/C3=C1/[N-]/C(=C/c3[n-]c(c(C=O)c3C)\C=2)[C@@H](C)[C@@H]1C.[Mg+2]. The van der Waals surface area contributed by atoms with Crippen molar-refractivity contribution >= 4 is 58.9 Å². The second kappa shape index (κ2) is 9.06. The number of fused-ring (bicyclic) bond motifs is 7. The average Bonchev–Trinajstić information content (AvgIpc) is 3.58. The Morgan fingerprint density at radius 1 is 0.892 bits per heavy atom. The third-order valence-corrected chi connectivity index (χ3v) is 8.33. The number of ketones is 1. The summed E-state index contributed by atoms with van der Waals surface area (Å²) in [6.45, 7) is 12.4. The zero-order chi connectivity index (χ0) is 25.5. The normalized spacial score (nSPS) is 24.9. The van der Waals surface area contributed by atoms with Crippen LogP contribution in [-0.4, -0.2) is 35.1 Å². The van der Waals surface area contributed by atoms with Crippen molar-refractivity contribution in [2.75, 3.05) is 0 Å². The number of hydrogen-bond donors (Lipinski definition) is 0. The molecule has 37 heavy (non-hydrogen) atoms. The van der Waals surface area contributed by atoms with E-state index in [0.717, 1.165) is 85.3 Å². The second-order valence-corrected chi connectivity index (χ2v) is 10.2. The molecule has 184 valence electrons. The molecule has 5 heterocycles. The Morgan fingerprint density at radius 3 is 2.30 bits per heavy atom. The average molecular weight is 501 g/mol. The van der Waals surface area contributed by atoms with Gasteiger partial charge in [-0.05, 0) is 39.0 Å². The topological polar surface area (TPSA) is 90.5 Å². The molecule has 2 aliphatic heterocycles. The van der Waals surface area contributed by atoms with E-state index >= 15 is 0 Å². The summed E-state index contributed by atoms with van der Waals surface area (Å²) >= 11 is 0. The largest absolute Gasteiger partial charge is 2.00 e. The van der Waals surface area contributed by atoms with E-state index in [1.54, 1.807) is 0 Å². The van der Waals surface area contributed by atoms with Crippen molar-refractivity contribution < 1.29 is 9.59 Å². The van der Waals surface area contributed by atoms with Gasteiger partial charge < -0.3 is 20.3 Å². The quantitative estimate of drug-likeness (QED) is 0.397. The van der Waals surface area contributed by atoms with Gasteiger partial charge in [0, 0.05) is 17.5 Å². The molecule has 0 amide bonds. The van der Waals surface area contributed by atoms with E-state index in [2.05, 4.69) is 27.7 Å². The minimum Gasteiger partial charge on any atom is -0.664 e. The van der Waals surface area contributed by atoms with Crippen LogP contribution < -0.4 is 25.7 Å². The molecule has 6 nitrogen and oxygen atoms in total. The van der Waals surface area contributed by atoms with Gasteiger partial charge in [0.25, 0.3) is 0 Å². The van der Waals surface area contributed by atoms with E-state index in [-0.39, 0.29) is 40.7 Å². The molecule has 6 rings (SSSR count). The van der Waals surface area contributed by atoms with Crippen molar-refractivity contribution in [3.05, 3.63) is 83.6 Å². The van der Waals surface area contributed by atoms with E-state index in [1.807, 2.05) is 32.1 Å². The van der Waals surface area contributed by atoms with Crippen LogP contribution in [0.15, 0.2) is 11.4 Å². The van der Waals surface area contributed by atoms with E-state index in [9.17, 15) is 9.59 Å². The molecule has 0 unspecified atom stereocenters. The molecule has 1 saturated heterocycles. The molecule has 3 aromatic heterocycles. The maximum atomic E-state index is 13.1. The molecule has 0 saturated carbocycles. The van der Waals surface area contributed by atoms with Crippen molar-refractivity contribution in [3.8, 4) is 0 Å². The van der Waals surface area contributed by atoms with E-state index in [0.29, 0.717) is 17.7 Å². The summed E-state index contributed by atoms with van der Waals surface area (Å²) in [7, 11) is 0. The summed E-state index contributed by atoms with van der Waals surface area (Å²) in [4.78, 5) is 40.0. The maximum absolute atomic E-state index is 13.1. The fourth-order valence-corrected chi connectivity index (χ4v) is 5.89. The van der Waals surface area contributed by atoms with Crippen LogP contribution in [0.1, 0.15) is 92.9 Å². The minimum absolute atomic E-state index is 0. The van der Waals surface area contributed by atoms with Crippen LogP contribution in [0.5, 0.6) is 0 Å². The predicted octanol–water partition coefficient (Wildman–Crippen LogP) is 3.45. The molecule has 1 aliphatic carbocycles. The number of rotatable bonds is 2. The van der Waals surface area contributed by atoms with E-state index in [4.69, 9.17) is 20.3 Å². The van der Waals surface area contributed by atoms with Gasteiger partial charge in [-0.25, -0.2) is 0 Å². The van der Waals surface area contributed by atoms with Crippen LogP contribution in [0.2, 0.25) is 0 Å². The van der Waals surface area contributed by atoms with Gasteiger partial charge in [-0.2, -0.15) is 11.4 Å². The summed E-state index contributed by atoms with van der Waals surface area (Å²) in [5, 5.41) is 6.68. The number of Topliss-reactive ketones (excluding diaryl/α,β-unsaturated/α-hetero) is 1. The zero-order valence-electron chi connectivity index (χ0n) is 22.2. The summed E-state index contributed by atoms with van der Waals surface area (Å²) in [6, 6.07) is 0. The molecule has 1 fully saturated rings. The third-order valence-electron chi connectivity index (χ3n) is 8.33.